The molecule has 0 aliphatic heterocycles. The van der Waals surface area contributed by atoms with Gasteiger partial charge in [-0.2, -0.15) is 0 Å². The minimum atomic E-state index is -0.234. The third kappa shape index (κ3) is 3.30. The van der Waals surface area contributed by atoms with Crippen LogP contribution in [-0.2, 0) is 16.6 Å². The molecule has 1 fully saturated rings. The molecule has 0 heterocycles. The lowest BCUT2D eigenvalue weighted by Gasteiger charge is -2.17. The van der Waals surface area contributed by atoms with Crippen molar-refractivity contribution in [3.05, 3.63) is 70.5 Å². The normalized spacial score (nSPS) is 15.4. The molecule has 0 saturated heterocycles. The highest BCUT2D eigenvalue weighted by Gasteiger charge is 2.44. The van der Waals surface area contributed by atoms with E-state index in [1.807, 2.05) is 30.3 Å². The quantitative estimate of drug-likeness (QED) is 0.891. The highest BCUT2D eigenvalue weighted by Crippen LogP contribution is 2.47. The zero-order valence-electron chi connectivity index (χ0n) is 12.1. The lowest BCUT2D eigenvalue weighted by Crippen LogP contribution is -2.33. The van der Waals surface area contributed by atoms with Crippen LogP contribution in [0, 0.1) is 5.82 Å². The van der Waals surface area contributed by atoms with Crippen LogP contribution in [0.15, 0.2) is 48.5 Å². The van der Waals surface area contributed by atoms with Crippen LogP contribution in [-0.4, -0.2) is 12.5 Å². The minimum absolute atomic E-state index is 0.0240. The second-order valence-corrected chi connectivity index (χ2v) is 6.24. The van der Waals surface area contributed by atoms with Gasteiger partial charge in [-0.3, -0.25) is 4.79 Å². The van der Waals surface area contributed by atoms with Crippen LogP contribution in [0.4, 0.5) is 4.39 Å². The molecule has 2 aromatic carbocycles. The Labute approximate surface area is 134 Å². The van der Waals surface area contributed by atoms with Gasteiger partial charge in [0.15, 0.2) is 0 Å². The van der Waals surface area contributed by atoms with Crippen LogP contribution in [0.2, 0.25) is 5.02 Å². The number of halogens is 2. The summed E-state index contributed by atoms with van der Waals surface area (Å²) in [6.45, 7) is 0.585. The van der Waals surface area contributed by atoms with E-state index >= 15 is 0 Å². The third-order valence-electron chi connectivity index (χ3n) is 4.24. The van der Waals surface area contributed by atoms with Crippen molar-refractivity contribution in [2.75, 3.05) is 6.54 Å². The molecule has 2 nitrogen and oxygen atoms in total. The first-order valence-electron chi connectivity index (χ1n) is 7.35. The van der Waals surface area contributed by atoms with Crippen molar-refractivity contribution in [2.45, 2.75) is 24.7 Å². The van der Waals surface area contributed by atoms with Crippen molar-refractivity contribution in [1.29, 1.82) is 0 Å². The molecule has 0 radical (unpaired) electrons. The Balaban J connectivity index is 1.59. The second-order valence-electron chi connectivity index (χ2n) is 5.83. The number of carbonyl (C=O) groups excluding carboxylic acids is 1. The Hall–Kier alpha value is -1.87. The van der Waals surface area contributed by atoms with Crippen molar-refractivity contribution in [3.8, 4) is 0 Å². The summed E-state index contributed by atoms with van der Waals surface area (Å²) < 4.78 is 13.0. The van der Waals surface area contributed by atoms with E-state index in [4.69, 9.17) is 11.6 Å². The first kappa shape index (κ1) is 15.0. The van der Waals surface area contributed by atoms with Gasteiger partial charge in [0.2, 0.25) is 5.91 Å². The Kier molecular flexibility index (Phi) is 4.16. The van der Waals surface area contributed by atoms with E-state index in [-0.39, 0.29) is 23.6 Å². The number of hydrogen-bond acceptors (Lipinski definition) is 1. The summed E-state index contributed by atoms with van der Waals surface area (Å²) in [5.41, 5.74) is 1.89. The first-order valence-corrected chi connectivity index (χ1v) is 7.73. The molecule has 0 spiro atoms. The predicted octanol–water partition coefficient (Wildman–Crippen LogP) is 3.87. The van der Waals surface area contributed by atoms with E-state index in [1.165, 1.54) is 12.1 Å². The van der Waals surface area contributed by atoms with Gasteiger partial charge >= 0.3 is 0 Å². The number of nitrogens with one attached hydrogen (secondary N) is 1. The summed E-state index contributed by atoms with van der Waals surface area (Å²) in [6.07, 6.45) is 2.31. The average molecular weight is 318 g/mol. The molecule has 1 amide bonds. The minimum Gasteiger partial charge on any atom is -0.355 e. The molecule has 114 valence electrons. The lowest BCUT2D eigenvalue weighted by molar-refractivity contribution is -0.120. The van der Waals surface area contributed by atoms with Gasteiger partial charge < -0.3 is 5.32 Å². The highest BCUT2D eigenvalue weighted by molar-refractivity contribution is 6.31. The van der Waals surface area contributed by atoms with E-state index in [1.54, 1.807) is 6.07 Å². The fraction of sp³-hybridized carbons (Fsp3) is 0.278. The molecular formula is C18H17ClFNO. The molecule has 4 heteroatoms. The Morgan fingerprint density at radius 3 is 2.45 bits per heavy atom. The fourth-order valence-electron chi connectivity index (χ4n) is 2.67. The van der Waals surface area contributed by atoms with Crippen molar-refractivity contribution in [1.82, 2.24) is 5.32 Å². The molecule has 22 heavy (non-hydrogen) atoms. The molecule has 2 aromatic rings. The number of carbonyl (C=O) groups is 1. The van der Waals surface area contributed by atoms with E-state index in [0.29, 0.717) is 11.6 Å². The Bertz CT molecular complexity index is 680. The smallest absolute Gasteiger partial charge is 0.224 e. The third-order valence-corrected chi connectivity index (χ3v) is 4.61. The number of amides is 1. The average Bonchev–Trinajstić information content (AvgIpc) is 3.29. The van der Waals surface area contributed by atoms with Crippen LogP contribution in [0.5, 0.6) is 0 Å². The van der Waals surface area contributed by atoms with E-state index < -0.39 is 0 Å². The molecule has 3 rings (SSSR count). The Morgan fingerprint density at radius 1 is 1.14 bits per heavy atom. The molecule has 1 aliphatic rings. The Morgan fingerprint density at radius 2 is 1.82 bits per heavy atom. The van der Waals surface area contributed by atoms with Gasteiger partial charge in [-0.1, -0.05) is 41.9 Å². The molecule has 0 aromatic heterocycles. The maximum Gasteiger partial charge on any atom is 0.224 e. The summed E-state index contributed by atoms with van der Waals surface area (Å²) in [5, 5.41) is 3.59. The molecule has 1 aliphatic carbocycles. The van der Waals surface area contributed by atoms with E-state index in [2.05, 4.69) is 5.32 Å². The van der Waals surface area contributed by atoms with Gasteiger partial charge in [0.25, 0.3) is 0 Å². The first-order chi connectivity index (χ1) is 10.6. The molecule has 1 N–H and O–H groups in total. The maximum atomic E-state index is 13.0. The second kappa shape index (κ2) is 6.09. The maximum absolute atomic E-state index is 13.0. The largest absolute Gasteiger partial charge is 0.355 e. The molecular weight excluding hydrogens is 301 g/mol. The number of hydrogen-bond donors (Lipinski definition) is 1. The fourth-order valence-corrected chi connectivity index (χ4v) is 2.87. The molecule has 1 saturated carbocycles. The molecule has 0 unspecified atom stereocenters. The van der Waals surface area contributed by atoms with E-state index in [0.717, 1.165) is 24.0 Å². The monoisotopic (exact) mass is 317 g/mol. The summed E-state index contributed by atoms with van der Waals surface area (Å²) >= 11 is 6.07. The van der Waals surface area contributed by atoms with Gasteiger partial charge in [-0.05, 0) is 42.2 Å². The molecule has 0 atom stereocenters. The lowest BCUT2D eigenvalue weighted by atomic mass is 9.96. The molecule has 0 bridgehead atoms. The summed E-state index contributed by atoms with van der Waals surface area (Å²) in [5.74, 6) is -0.274. The van der Waals surface area contributed by atoms with Gasteiger partial charge in [0.1, 0.15) is 5.82 Å². The van der Waals surface area contributed by atoms with Gasteiger partial charge in [0.05, 0.1) is 6.42 Å². The van der Waals surface area contributed by atoms with Crippen LogP contribution in [0.25, 0.3) is 0 Å². The predicted molar refractivity (Wildman–Crippen MR) is 85.5 cm³/mol. The number of rotatable bonds is 5. The highest BCUT2D eigenvalue weighted by atomic mass is 35.5. The van der Waals surface area contributed by atoms with Gasteiger partial charge in [-0.25, -0.2) is 4.39 Å². The van der Waals surface area contributed by atoms with Crippen molar-refractivity contribution in [3.63, 3.8) is 0 Å². The number of benzene rings is 2. The van der Waals surface area contributed by atoms with Gasteiger partial charge in [-0.15, -0.1) is 0 Å². The van der Waals surface area contributed by atoms with Crippen molar-refractivity contribution >= 4 is 17.5 Å². The summed E-state index contributed by atoms with van der Waals surface area (Å²) in [4.78, 5) is 12.1. The van der Waals surface area contributed by atoms with Gasteiger partial charge in [0, 0.05) is 17.0 Å². The zero-order valence-corrected chi connectivity index (χ0v) is 12.9. The summed E-state index contributed by atoms with van der Waals surface area (Å²) in [7, 11) is 0. The van der Waals surface area contributed by atoms with E-state index in [9.17, 15) is 9.18 Å². The zero-order chi connectivity index (χ0) is 15.6. The topological polar surface area (TPSA) is 29.1 Å². The SMILES string of the molecule is O=C(Cc1ccccc1Cl)NCC1(c2ccc(F)cc2)CC1. The standard InChI is InChI=1S/C18H17ClFNO/c19-16-4-2-1-3-13(16)11-17(22)21-12-18(9-10-18)14-5-7-15(20)8-6-14/h1-8H,9-12H2,(H,21,22). The van der Waals surface area contributed by atoms with Crippen LogP contribution >= 0.6 is 11.6 Å². The van der Waals surface area contributed by atoms with Crippen LogP contribution < -0.4 is 5.32 Å². The van der Waals surface area contributed by atoms with Crippen molar-refractivity contribution < 1.29 is 9.18 Å². The van der Waals surface area contributed by atoms with Crippen LogP contribution in [0.1, 0.15) is 24.0 Å². The van der Waals surface area contributed by atoms with Crippen LogP contribution in [0.3, 0.4) is 0 Å². The summed E-state index contributed by atoms with van der Waals surface area (Å²) in [6, 6.07) is 13.9. The van der Waals surface area contributed by atoms with Crippen molar-refractivity contribution in [2.24, 2.45) is 0 Å².